The zero-order chi connectivity index (χ0) is 12.0. The molecule has 16 heavy (non-hydrogen) atoms. The number of cyclic esters (lactones) is 1. The van der Waals surface area contributed by atoms with Crippen LogP contribution in [0.1, 0.15) is 39.0 Å². The smallest absolute Gasteiger partial charge is 0.331 e. The van der Waals surface area contributed by atoms with Gasteiger partial charge in [-0.15, -0.1) is 0 Å². The van der Waals surface area contributed by atoms with Gasteiger partial charge in [0.15, 0.2) is 0 Å². The van der Waals surface area contributed by atoms with Gasteiger partial charge >= 0.3 is 5.97 Å². The van der Waals surface area contributed by atoms with E-state index in [1.165, 1.54) is 0 Å². The number of ether oxygens (including phenoxy) is 1. The molecule has 0 aromatic heterocycles. The third kappa shape index (κ3) is 4.38. The monoisotopic (exact) mass is 224 g/mol. The highest BCUT2D eigenvalue weighted by Crippen LogP contribution is 2.10. The van der Waals surface area contributed by atoms with E-state index in [1.807, 2.05) is 6.92 Å². The van der Waals surface area contributed by atoms with Gasteiger partial charge in [-0.2, -0.15) is 0 Å². The van der Waals surface area contributed by atoms with Crippen molar-refractivity contribution < 1.29 is 19.1 Å². The Labute approximate surface area is 94.7 Å². The molecule has 4 heteroatoms. The molecule has 0 aromatic rings. The summed E-state index contributed by atoms with van der Waals surface area (Å²) in [7, 11) is 0. The van der Waals surface area contributed by atoms with E-state index in [1.54, 1.807) is 0 Å². The molecular weight excluding hydrogens is 208 g/mol. The maximum Gasteiger partial charge on any atom is 0.331 e. The molecule has 0 amide bonds. The van der Waals surface area contributed by atoms with Gasteiger partial charge in [0, 0.05) is 12.5 Å². The lowest BCUT2D eigenvalue weighted by Crippen LogP contribution is -2.16. The number of hydrogen-bond acceptors (Lipinski definition) is 4. The van der Waals surface area contributed by atoms with Crippen LogP contribution in [0.25, 0.3) is 0 Å². The Morgan fingerprint density at radius 2 is 1.88 bits per heavy atom. The quantitative estimate of drug-likeness (QED) is 0.463. The molecule has 88 valence electrons. The molecule has 0 unspecified atom stereocenters. The van der Waals surface area contributed by atoms with Crippen molar-refractivity contribution in [1.82, 2.24) is 0 Å². The molecule has 0 bridgehead atoms. The van der Waals surface area contributed by atoms with Crippen LogP contribution in [0.2, 0.25) is 0 Å². The number of hydrogen-bond donors (Lipinski definition) is 0. The molecule has 0 saturated carbocycles. The Morgan fingerprint density at radius 3 is 2.62 bits per heavy atom. The second-order valence-corrected chi connectivity index (χ2v) is 3.97. The van der Waals surface area contributed by atoms with Crippen LogP contribution in [0.4, 0.5) is 0 Å². The molecule has 0 fully saturated rings. The number of ketones is 2. The first kappa shape index (κ1) is 12.6. The third-order valence-electron chi connectivity index (χ3n) is 2.48. The van der Waals surface area contributed by atoms with E-state index >= 15 is 0 Å². The van der Waals surface area contributed by atoms with Crippen molar-refractivity contribution in [3.05, 3.63) is 12.2 Å². The number of Topliss-reactive ketones (excluding diaryl/α,β-unsaturated/α-hetero) is 1. The number of carbonyl (C=O) groups is 3. The molecule has 0 aromatic carbocycles. The summed E-state index contributed by atoms with van der Waals surface area (Å²) in [5, 5.41) is 0. The maximum atomic E-state index is 11.2. The van der Waals surface area contributed by atoms with Crippen LogP contribution in [0.3, 0.4) is 0 Å². The van der Waals surface area contributed by atoms with Gasteiger partial charge in [0.1, 0.15) is 0 Å². The number of carbonyl (C=O) groups excluding carboxylic acids is 3. The van der Waals surface area contributed by atoms with Gasteiger partial charge in [0.25, 0.3) is 0 Å². The molecule has 1 aliphatic rings. The van der Waals surface area contributed by atoms with E-state index in [9.17, 15) is 14.4 Å². The minimum absolute atomic E-state index is 0.137. The lowest BCUT2D eigenvalue weighted by molar-refractivity contribution is -0.142. The normalized spacial score (nSPS) is 26.6. The molecule has 0 N–H and O–H groups in total. The predicted molar refractivity (Wildman–Crippen MR) is 57.8 cm³/mol. The van der Waals surface area contributed by atoms with Crippen LogP contribution in [0, 0.1) is 0 Å². The molecule has 0 aliphatic carbocycles. The van der Waals surface area contributed by atoms with Crippen LogP contribution in [-0.2, 0) is 19.1 Å². The molecule has 1 aliphatic heterocycles. The van der Waals surface area contributed by atoms with E-state index < -0.39 is 17.5 Å². The van der Waals surface area contributed by atoms with E-state index in [2.05, 4.69) is 0 Å². The van der Waals surface area contributed by atoms with Crippen molar-refractivity contribution in [2.75, 3.05) is 0 Å². The minimum atomic E-state index is -0.620. The van der Waals surface area contributed by atoms with Crippen molar-refractivity contribution in [3.8, 4) is 0 Å². The SMILES string of the molecule is C[C@@H]1CCCCCC(=O)C(=O)/C=C\C(=O)O1. The Balaban J connectivity index is 2.65. The highest BCUT2D eigenvalue weighted by molar-refractivity contribution is 6.41. The van der Waals surface area contributed by atoms with Crippen LogP contribution in [0.5, 0.6) is 0 Å². The van der Waals surface area contributed by atoms with Crippen LogP contribution < -0.4 is 0 Å². The predicted octanol–water partition coefficient (Wildman–Crippen LogP) is 1.58. The lowest BCUT2D eigenvalue weighted by atomic mass is 10.1. The first-order valence-electron chi connectivity index (χ1n) is 5.55. The topological polar surface area (TPSA) is 60.4 Å². The van der Waals surface area contributed by atoms with E-state index in [4.69, 9.17) is 4.74 Å². The van der Waals surface area contributed by atoms with Gasteiger partial charge in [0.2, 0.25) is 11.6 Å². The van der Waals surface area contributed by atoms with Crippen LogP contribution in [-0.4, -0.2) is 23.6 Å². The number of rotatable bonds is 0. The summed E-state index contributed by atoms with van der Waals surface area (Å²) in [6.45, 7) is 1.82. The molecule has 0 spiro atoms. The largest absolute Gasteiger partial charge is 0.460 e. The Bertz CT molecular complexity index is 317. The molecule has 0 radical (unpaired) electrons. The van der Waals surface area contributed by atoms with Crippen molar-refractivity contribution in [2.45, 2.75) is 45.1 Å². The molecule has 1 rings (SSSR count). The molecule has 1 heterocycles. The van der Waals surface area contributed by atoms with E-state index in [0.717, 1.165) is 37.8 Å². The average Bonchev–Trinajstić information content (AvgIpc) is 2.23. The third-order valence-corrected chi connectivity index (χ3v) is 2.48. The summed E-state index contributed by atoms with van der Waals surface area (Å²) in [4.78, 5) is 33.7. The fourth-order valence-electron chi connectivity index (χ4n) is 1.55. The second-order valence-electron chi connectivity index (χ2n) is 3.97. The summed E-state index contributed by atoms with van der Waals surface area (Å²) in [6, 6.07) is 0. The van der Waals surface area contributed by atoms with Gasteiger partial charge in [0.05, 0.1) is 6.10 Å². The van der Waals surface area contributed by atoms with Crippen LogP contribution >= 0.6 is 0 Å². The van der Waals surface area contributed by atoms with Crippen LogP contribution in [0.15, 0.2) is 12.2 Å². The zero-order valence-electron chi connectivity index (χ0n) is 9.40. The second kappa shape index (κ2) is 6.20. The first-order chi connectivity index (χ1) is 7.59. The molecular formula is C12H16O4. The van der Waals surface area contributed by atoms with Crippen molar-refractivity contribution >= 4 is 17.5 Å². The van der Waals surface area contributed by atoms with Crippen molar-refractivity contribution in [3.63, 3.8) is 0 Å². The van der Waals surface area contributed by atoms with Gasteiger partial charge < -0.3 is 4.74 Å². The summed E-state index contributed by atoms with van der Waals surface area (Å²) < 4.78 is 5.02. The highest BCUT2D eigenvalue weighted by Gasteiger charge is 2.13. The van der Waals surface area contributed by atoms with Crippen molar-refractivity contribution in [1.29, 1.82) is 0 Å². The summed E-state index contributed by atoms with van der Waals surface area (Å²) in [5.41, 5.74) is 0. The molecule has 4 nitrogen and oxygen atoms in total. The zero-order valence-corrected chi connectivity index (χ0v) is 9.40. The molecule has 1 atom stereocenters. The van der Waals surface area contributed by atoms with Gasteiger partial charge in [-0.05, 0) is 32.3 Å². The summed E-state index contributed by atoms with van der Waals surface area (Å²) in [6.07, 6.45) is 5.46. The fourth-order valence-corrected chi connectivity index (χ4v) is 1.55. The number of allylic oxidation sites excluding steroid dienone is 1. The van der Waals surface area contributed by atoms with Gasteiger partial charge in [-0.1, -0.05) is 6.42 Å². The fraction of sp³-hybridized carbons (Fsp3) is 0.583. The number of esters is 1. The first-order valence-corrected chi connectivity index (χ1v) is 5.55. The Kier molecular flexibility index (Phi) is 4.89. The van der Waals surface area contributed by atoms with Gasteiger partial charge in [-0.3, -0.25) is 9.59 Å². The standard InChI is InChI=1S/C12H16O4/c1-9-5-3-2-4-6-10(13)11(14)7-8-12(15)16-9/h7-9H,2-6H2,1H3/b8-7-/t9-/m1/s1. The highest BCUT2D eigenvalue weighted by atomic mass is 16.5. The summed E-state index contributed by atoms with van der Waals surface area (Å²) >= 11 is 0. The summed E-state index contributed by atoms with van der Waals surface area (Å²) in [5.74, 6) is -1.61. The van der Waals surface area contributed by atoms with Crippen molar-refractivity contribution in [2.24, 2.45) is 0 Å². The van der Waals surface area contributed by atoms with E-state index in [-0.39, 0.29) is 12.5 Å². The molecule has 0 saturated heterocycles. The Hall–Kier alpha value is -1.45. The van der Waals surface area contributed by atoms with E-state index in [0.29, 0.717) is 0 Å². The van der Waals surface area contributed by atoms with Gasteiger partial charge in [-0.25, -0.2) is 4.79 Å². The maximum absolute atomic E-state index is 11.2. The average molecular weight is 224 g/mol. The Morgan fingerprint density at radius 1 is 1.12 bits per heavy atom. The lowest BCUT2D eigenvalue weighted by Gasteiger charge is -2.11. The minimum Gasteiger partial charge on any atom is -0.460 e.